The molecule has 2 aromatic heterocycles. The second kappa shape index (κ2) is 6.68. The van der Waals surface area contributed by atoms with E-state index in [1.165, 1.54) is 6.20 Å². The molecule has 0 aliphatic carbocycles. The Morgan fingerprint density at radius 2 is 1.96 bits per heavy atom. The quantitative estimate of drug-likeness (QED) is 0.744. The molecular formula is C20H26N4O4. The number of carbonyl (C=O) groups is 2. The summed E-state index contributed by atoms with van der Waals surface area (Å²) < 4.78 is 5.59. The molecular weight excluding hydrogens is 360 g/mol. The summed E-state index contributed by atoms with van der Waals surface area (Å²) in [5.74, 6) is -1.01. The lowest BCUT2D eigenvalue weighted by Gasteiger charge is -2.40. The third-order valence-electron chi connectivity index (χ3n) is 5.50. The van der Waals surface area contributed by atoms with E-state index in [9.17, 15) is 14.7 Å². The van der Waals surface area contributed by atoms with E-state index in [0.717, 1.165) is 31.1 Å². The van der Waals surface area contributed by atoms with Gasteiger partial charge >= 0.3 is 12.1 Å². The average molecular weight is 386 g/mol. The smallest absolute Gasteiger partial charge is 0.410 e. The van der Waals surface area contributed by atoms with E-state index < -0.39 is 11.6 Å². The Bertz CT molecular complexity index is 903. The number of piperidine rings is 1. The molecule has 2 aliphatic rings. The van der Waals surface area contributed by atoms with Crippen molar-refractivity contribution in [3.63, 3.8) is 0 Å². The zero-order valence-corrected chi connectivity index (χ0v) is 16.4. The van der Waals surface area contributed by atoms with Crippen molar-refractivity contribution in [1.82, 2.24) is 14.9 Å². The van der Waals surface area contributed by atoms with Crippen LogP contribution in [-0.4, -0.2) is 55.8 Å². The third kappa shape index (κ3) is 3.39. The summed E-state index contributed by atoms with van der Waals surface area (Å²) in [4.78, 5) is 33.4. The molecule has 0 aromatic carbocycles. The van der Waals surface area contributed by atoms with Crippen LogP contribution in [0.5, 0.6) is 0 Å². The van der Waals surface area contributed by atoms with Gasteiger partial charge in [-0.15, -0.1) is 0 Å². The van der Waals surface area contributed by atoms with Crippen molar-refractivity contribution in [2.75, 3.05) is 5.32 Å². The molecule has 8 nitrogen and oxygen atoms in total. The fourth-order valence-corrected chi connectivity index (χ4v) is 4.44. The number of H-pyrrole nitrogens is 1. The number of hydrogen-bond acceptors (Lipinski definition) is 5. The summed E-state index contributed by atoms with van der Waals surface area (Å²) in [5.41, 5.74) is 0.892. The lowest BCUT2D eigenvalue weighted by atomic mass is 9.97. The first-order chi connectivity index (χ1) is 13.2. The first-order valence-electron chi connectivity index (χ1n) is 9.70. The highest BCUT2D eigenvalue weighted by Gasteiger charge is 2.45. The highest BCUT2D eigenvalue weighted by atomic mass is 16.6. The first-order valence-corrected chi connectivity index (χ1v) is 9.70. The van der Waals surface area contributed by atoms with Gasteiger partial charge in [0.25, 0.3) is 0 Å². The number of fused-ring (bicyclic) bond motifs is 3. The average Bonchev–Trinajstić information content (AvgIpc) is 3.16. The van der Waals surface area contributed by atoms with Crippen molar-refractivity contribution in [3.8, 4) is 0 Å². The molecule has 2 fully saturated rings. The predicted octanol–water partition coefficient (Wildman–Crippen LogP) is 3.60. The van der Waals surface area contributed by atoms with E-state index in [1.54, 1.807) is 6.20 Å². The van der Waals surface area contributed by atoms with Gasteiger partial charge < -0.3 is 25.0 Å². The number of pyridine rings is 1. The Morgan fingerprint density at radius 1 is 1.29 bits per heavy atom. The van der Waals surface area contributed by atoms with Crippen molar-refractivity contribution < 1.29 is 19.4 Å². The van der Waals surface area contributed by atoms with Crippen LogP contribution >= 0.6 is 0 Å². The first kappa shape index (κ1) is 18.6. The van der Waals surface area contributed by atoms with Gasteiger partial charge in [0.05, 0.1) is 5.69 Å². The molecule has 4 rings (SSSR count). The monoisotopic (exact) mass is 386 g/mol. The molecule has 2 bridgehead atoms. The van der Waals surface area contributed by atoms with Crippen LogP contribution < -0.4 is 5.32 Å². The number of carbonyl (C=O) groups excluding carboxylic acids is 1. The largest absolute Gasteiger partial charge is 0.478 e. The van der Waals surface area contributed by atoms with E-state index in [2.05, 4.69) is 15.3 Å². The topological polar surface area (TPSA) is 108 Å². The predicted molar refractivity (Wildman–Crippen MR) is 105 cm³/mol. The zero-order valence-electron chi connectivity index (χ0n) is 16.4. The molecule has 0 saturated carbocycles. The van der Waals surface area contributed by atoms with Crippen LogP contribution in [0.1, 0.15) is 56.8 Å². The van der Waals surface area contributed by atoms with Gasteiger partial charge in [-0.1, -0.05) is 0 Å². The fraction of sp³-hybridized carbons (Fsp3) is 0.550. The van der Waals surface area contributed by atoms with E-state index in [1.807, 2.05) is 31.7 Å². The zero-order chi connectivity index (χ0) is 20.1. The van der Waals surface area contributed by atoms with Crippen molar-refractivity contribution in [2.45, 2.75) is 70.2 Å². The number of amides is 1. The number of rotatable bonds is 3. The number of nitrogens with one attached hydrogen (secondary N) is 2. The van der Waals surface area contributed by atoms with Crippen LogP contribution in [0.2, 0.25) is 0 Å². The maximum absolute atomic E-state index is 12.6. The van der Waals surface area contributed by atoms with Gasteiger partial charge in [-0.05, 0) is 52.5 Å². The normalized spacial score (nSPS) is 24.4. The molecule has 8 heteroatoms. The van der Waals surface area contributed by atoms with Gasteiger partial charge in [0.1, 0.15) is 16.8 Å². The summed E-state index contributed by atoms with van der Waals surface area (Å²) in [6.07, 6.45) is 6.32. The van der Waals surface area contributed by atoms with Gasteiger partial charge in [-0.3, -0.25) is 0 Å². The van der Waals surface area contributed by atoms with Crippen LogP contribution in [0.4, 0.5) is 10.5 Å². The molecule has 2 saturated heterocycles. The van der Waals surface area contributed by atoms with Gasteiger partial charge in [0.2, 0.25) is 0 Å². The molecule has 3 N–H and O–H groups in total. The number of anilines is 1. The van der Waals surface area contributed by atoms with Crippen LogP contribution in [0, 0.1) is 0 Å². The van der Waals surface area contributed by atoms with Gasteiger partial charge in [0, 0.05) is 35.9 Å². The molecule has 0 unspecified atom stereocenters. The van der Waals surface area contributed by atoms with E-state index >= 15 is 0 Å². The van der Waals surface area contributed by atoms with Crippen LogP contribution in [-0.2, 0) is 4.74 Å². The molecule has 28 heavy (non-hydrogen) atoms. The van der Waals surface area contributed by atoms with Crippen LogP contribution in [0.15, 0.2) is 18.5 Å². The van der Waals surface area contributed by atoms with Crippen molar-refractivity contribution in [1.29, 1.82) is 0 Å². The molecule has 0 spiro atoms. The van der Waals surface area contributed by atoms with Gasteiger partial charge in [-0.25, -0.2) is 14.6 Å². The number of carboxylic acids is 1. The van der Waals surface area contributed by atoms with Crippen molar-refractivity contribution in [2.24, 2.45) is 0 Å². The highest BCUT2D eigenvalue weighted by Crippen LogP contribution is 2.39. The Labute approximate surface area is 163 Å². The molecule has 1 amide bonds. The Balaban J connectivity index is 1.54. The highest BCUT2D eigenvalue weighted by molar-refractivity contribution is 6.03. The summed E-state index contributed by atoms with van der Waals surface area (Å²) in [7, 11) is 0. The Kier molecular flexibility index (Phi) is 4.44. The number of aromatic amines is 1. The van der Waals surface area contributed by atoms with E-state index in [4.69, 9.17) is 4.74 Å². The summed E-state index contributed by atoms with van der Waals surface area (Å²) >= 11 is 0. The maximum atomic E-state index is 12.6. The second-order valence-corrected chi connectivity index (χ2v) is 8.68. The molecule has 3 atom stereocenters. The Hall–Kier alpha value is -2.77. The SMILES string of the molecule is CC(C)(C)OC(=O)N1[C@@H]2CC[C@H]1C[C@@H](Nc1c(C(=O)O)cnc3[nH]ccc13)C2. The fourth-order valence-electron chi connectivity index (χ4n) is 4.44. The molecule has 150 valence electrons. The number of carboxylic acid groups (broad SMARTS) is 1. The molecule has 4 heterocycles. The lowest BCUT2D eigenvalue weighted by molar-refractivity contribution is 0.00683. The van der Waals surface area contributed by atoms with Gasteiger partial charge in [0.15, 0.2) is 0 Å². The Morgan fingerprint density at radius 3 is 2.57 bits per heavy atom. The van der Waals surface area contributed by atoms with Gasteiger partial charge in [-0.2, -0.15) is 0 Å². The number of hydrogen-bond donors (Lipinski definition) is 3. The van der Waals surface area contributed by atoms with E-state index in [0.29, 0.717) is 11.3 Å². The maximum Gasteiger partial charge on any atom is 0.410 e. The number of ether oxygens (including phenoxy) is 1. The minimum absolute atomic E-state index is 0.0924. The second-order valence-electron chi connectivity index (χ2n) is 8.68. The summed E-state index contributed by atoms with van der Waals surface area (Å²) in [6.45, 7) is 5.63. The lowest BCUT2D eigenvalue weighted by Crippen LogP contribution is -2.51. The van der Waals surface area contributed by atoms with Crippen molar-refractivity contribution in [3.05, 3.63) is 24.0 Å². The summed E-state index contributed by atoms with van der Waals surface area (Å²) in [6, 6.07) is 2.15. The molecule has 0 radical (unpaired) electrons. The minimum atomic E-state index is -1.01. The third-order valence-corrected chi connectivity index (χ3v) is 5.50. The molecule has 2 aliphatic heterocycles. The minimum Gasteiger partial charge on any atom is -0.478 e. The standard InChI is InChI=1S/C20H26N4O4/c1-20(2,3)28-19(27)24-12-4-5-13(24)9-11(8-12)23-16-14-6-7-21-17(14)22-10-15(16)18(25)26/h6-7,10-13H,4-5,8-9H2,1-3H3,(H,25,26)(H2,21,22,23)/t11-,12+,13-. The number of nitrogens with zero attached hydrogens (tertiary/aromatic N) is 2. The van der Waals surface area contributed by atoms with Crippen LogP contribution in [0.25, 0.3) is 11.0 Å². The number of aromatic nitrogens is 2. The van der Waals surface area contributed by atoms with Crippen LogP contribution in [0.3, 0.4) is 0 Å². The van der Waals surface area contributed by atoms with Crippen molar-refractivity contribution >= 4 is 28.8 Å². The summed E-state index contributed by atoms with van der Waals surface area (Å²) in [5, 5.41) is 13.8. The molecule has 2 aromatic rings. The van der Waals surface area contributed by atoms with E-state index in [-0.39, 0.29) is 29.8 Å². The number of aromatic carboxylic acids is 1.